The van der Waals surface area contributed by atoms with Crippen molar-refractivity contribution >= 4 is 0 Å². The largest absolute Gasteiger partial charge is 0.378 e. The van der Waals surface area contributed by atoms with Crippen LogP contribution in [0.15, 0.2) is 24.3 Å². The maximum absolute atomic E-state index is 6.32. The zero-order valence-electron chi connectivity index (χ0n) is 12.4. The molecule has 0 aromatic heterocycles. The SMILES string of the molecule is NC(CC1CCCO1)c1ccc(C2CCCCC2)cc1. The molecule has 2 atom stereocenters. The van der Waals surface area contributed by atoms with E-state index in [2.05, 4.69) is 24.3 Å². The van der Waals surface area contributed by atoms with Gasteiger partial charge in [0.15, 0.2) is 0 Å². The van der Waals surface area contributed by atoms with Gasteiger partial charge in [-0.2, -0.15) is 0 Å². The Morgan fingerprint density at radius 2 is 1.75 bits per heavy atom. The number of rotatable bonds is 4. The van der Waals surface area contributed by atoms with Crippen LogP contribution in [0.2, 0.25) is 0 Å². The van der Waals surface area contributed by atoms with E-state index in [9.17, 15) is 0 Å². The Morgan fingerprint density at radius 3 is 2.40 bits per heavy atom. The molecular weight excluding hydrogens is 246 g/mol. The highest BCUT2D eigenvalue weighted by Crippen LogP contribution is 2.33. The Kier molecular flexibility index (Phi) is 4.74. The third-order valence-corrected chi connectivity index (χ3v) is 4.98. The summed E-state index contributed by atoms with van der Waals surface area (Å²) in [5.41, 5.74) is 9.10. The van der Waals surface area contributed by atoms with Gasteiger partial charge in [-0.05, 0) is 49.1 Å². The van der Waals surface area contributed by atoms with Crippen LogP contribution in [0.3, 0.4) is 0 Å². The molecule has 2 fully saturated rings. The summed E-state index contributed by atoms with van der Waals surface area (Å²) >= 11 is 0. The molecule has 20 heavy (non-hydrogen) atoms. The number of hydrogen-bond acceptors (Lipinski definition) is 2. The molecule has 2 nitrogen and oxygen atoms in total. The van der Waals surface area contributed by atoms with Crippen LogP contribution in [0.1, 0.15) is 74.5 Å². The van der Waals surface area contributed by atoms with Gasteiger partial charge in [0, 0.05) is 12.6 Å². The molecule has 2 N–H and O–H groups in total. The van der Waals surface area contributed by atoms with Crippen LogP contribution < -0.4 is 5.73 Å². The quantitative estimate of drug-likeness (QED) is 0.887. The molecule has 1 heterocycles. The lowest BCUT2D eigenvalue weighted by Gasteiger charge is -2.23. The summed E-state index contributed by atoms with van der Waals surface area (Å²) in [5, 5.41) is 0. The van der Waals surface area contributed by atoms with Gasteiger partial charge in [-0.15, -0.1) is 0 Å². The van der Waals surface area contributed by atoms with Crippen LogP contribution in [-0.2, 0) is 4.74 Å². The zero-order chi connectivity index (χ0) is 13.8. The molecule has 0 amide bonds. The number of nitrogens with two attached hydrogens (primary N) is 1. The van der Waals surface area contributed by atoms with Gasteiger partial charge in [-0.25, -0.2) is 0 Å². The van der Waals surface area contributed by atoms with Crippen LogP contribution in [0.25, 0.3) is 0 Å². The third kappa shape index (κ3) is 3.42. The Hall–Kier alpha value is -0.860. The van der Waals surface area contributed by atoms with Gasteiger partial charge >= 0.3 is 0 Å². The fourth-order valence-corrected chi connectivity index (χ4v) is 3.70. The van der Waals surface area contributed by atoms with Crippen molar-refractivity contribution in [3.05, 3.63) is 35.4 Å². The minimum absolute atomic E-state index is 0.124. The van der Waals surface area contributed by atoms with Gasteiger partial charge in [0.25, 0.3) is 0 Å². The second kappa shape index (κ2) is 6.73. The predicted octanol–water partition coefficient (Wildman–Crippen LogP) is 4.30. The lowest BCUT2D eigenvalue weighted by molar-refractivity contribution is 0.0983. The standard InChI is InChI=1S/C18H27NO/c19-18(13-17-7-4-12-20-17)16-10-8-15(9-11-16)14-5-2-1-3-6-14/h8-11,14,17-18H,1-7,12-13,19H2. The van der Waals surface area contributed by atoms with Crippen molar-refractivity contribution in [2.75, 3.05) is 6.61 Å². The Balaban J connectivity index is 1.59. The van der Waals surface area contributed by atoms with Gasteiger partial charge in [0.05, 0.1) is 6.10 Å². The maximum Gasteiger partial charge on any atom is 0.0594 e. The first-order valence-electron chi connectivity index (χ1n) is 8.30. The first-order valence-corrected chi connectivity index (χ1v) is 8.30. The number of hydrogen-bond donors (Lipinski definition) is 1. The molecule has 1 aromatic rings. The summed E-state index contributed by atoms with van der Waals surface area (Å²) in [6, 6.07) is 9.22. The van der Waals surface area contributed by atoms with E-state index in [1.54, 1.807) is 0 Å². The van der Waals surface area contributed by atoms with E-state index >= 15 is 0 Å². The van der Waals surface area contributed by atoms with Crippen molar-refractivity contribution < 1.29 is 4.74 Å². The van der Waals surface area contributed by atoms with Crippen molar-refractivity contribution in [1.82, 2.24) is 0 Å². The van der Waals surface area contributed by atoms with Crippen LogP contribution in [0.4, 0.5) is 0 Å². The third-order valence-electron chi connectivity index (χ3n) is 4.98. The maximum atomic E-state index is 6.32. The molecule has 0 spiro atoms. The first kappa shape index (κ1) is 14.1. The Morgan fingerprint density at radius 1 is 1.00 bits per heavy atom. The van der Waals surface area contributed by atoms with E-state index in [0.29, 0.717) is 6.10 Å². The molecule has 1 saturated carbocycles. The van der Waals surface area contributed by atoms with Gasteiger partial charge in [0.1, 0.15) is 0 Å². The Bertz CT molecular complexity index is 402. The summed E-state index contributed by atoms with van der Waals surface area (Å²) in [6.45, 7) is 0.915. The topological polar surface area (TPSA) is 35.2 Å². The average molecular weight is 273 g/mol. The summed E-state index contributed by atoms with van der Waals surface area (Å²) in [6.07, 6.45) is 10.6. The van der Waals surface area contributed by atoms with E-state index in [-0.39, 0.29) is 6.04 Å². The van der Waals surface area contributed by atoms with Gasteiger partial charge < -0.3 is 10.5 Å². The molecule has 1 aliphatic heterocycles. The summed E-state index contributed by atoms with van der Waals surface area (Å²) in [4.78, 5) is 0. The fourth-order valence-electron chi connectivity index (χ4n) is 3.70. The molecule has 2 aliphatic rings. The van der Waals surface area contributed by atoms with Crippen molar-refractivity contribution in [3.63, 3.8) is 0 Å². The average Bonchev–Trinajstić information content (AvgIpc) is 3.01. The number of ether oxygens (including phenoxy) is 1. The summed E-state index contributed by atoms with van der Waals surface area (Å²) in [7, 11) is 0. The number of benzene rings is 1. The molecule has 3 rings (SSSR count). The van der Waals surface area contributed by atoms with Crippen LogP contribution in [0.5, 0.6) is 0 Å². The van der Waals surface area contributed by atoms with E-state index in [0.717, 1.165) is 18.9 Å². The smallest absolute Gasteiger partial charge is 0.0594 e. The van der Waals surface area contributed by atoms with E-state index in [1.165, 1.54) is 56.1 Å². The minimum atomic E-state index is 0.124. The molecule has 2 heteroatoms. The van der Waals surface area contributed by atoms with Crippen molar-refractivity contribution in [2.45, 2.75) is 69.4 Å². The van der Waals surface area contributed by atoms with Crippen molar-refractivity contribution in [1.29, 1.82) is 0 Å². The van der Waals surface area contributed by atoms with E-state index < -0.39 is 0 Å². The monoisotopic (exact) mass is 273 g/mol. The van der Waals surface area contributed by atoms with Crippen molar-refractivity contribution in [2.24, 2.45) is 5.73 Å². The normalized spacial score (nSPS) is 25.8. The van der Waals surface area contributed by atoms with Gasteiger partial charge in [-0.1, -0.05) is 43.5 Å². The fraction of sp³-hybridized carbons (Fsp3) is 0.667. The molecule has 0 bridgehead atoms. The predicted molar refractivity (Wildman–Crippen MR) is 82.8 cm³/mol. The molecule has 1 aromatic carbocycles. The zero-order valence-corrected chi connectivity index (χ0v) is 12.4. The highest BCUT2D eigenvalue weighted by Gasteiger charge is 2.20. The summed E-state index contributed by atoms with van der Waals surface area (Å²) in [5.74, 6) is 0.784. The van der Waals surface area contributed by atoms with Crippen molar-refractivity contribution in [3.8, 4) is 0 Å². The molecule has 0 radical (unpaired) electrons. The van der Waals surface area contributed by atoms with Crippen LogP contribution in [0, 0.1) is 0 Å². The molecule has 1 aliphatic carbocycles. The van der Waals surface area contributed by atoms with E-state index in [4.69, 9.17) is 10.5 Å². The molecule has 2 unspecified atom stereocenters. The highest BCUT2D eigenvalue weighted by atomic mass is 16.5. The minimum Gasteiger partial charge on any atom is -0.378 e. The highest BCUT2D eigenvalue weighted by molar-refractivity contribution is 5.27. The van der Waals surface area contributed by atoms with E-state index in [1.807, 2.05) is 0 Å². The van der Waals surface area contributed by atoms with Crippen LogP contribution >= 0.6 is 0 Å². The lowest BCUT2D eigenvalue weighted by atomic mass is 9.83. The Labute approximate surface area is 122 Å². The molecule has 1 saturated heterocycles. The lowest BCUT2D eigenvalue weighted by Crippen LogP contribution is -2.18. The summed E-state index contributed by atoms with van der Waals surface area (Å²) < 4.78 is 5.68. The molecular formula is C18H27NO. The van der Waals surface area contributed by atoms with Gasteiger partial charge in [0.2, 0.25) is 0 Å². The van der Waals surface area contributed by atoms with Crippen LogP contribution in [-0.4, -0.2) is 12.7 Å². The molecule has 110 valence electrons. The van der Waals surface area contributed by atoms with Gasteiger partial charge in [-0.3, -0.25) is 0 Å². The second-order valence-electron chi connectivity index (χ2n) is 6.48. The first-order chi connectivity index (χ1) is 9.83. The second-order valence-corrected chi connectivity index (χ2v) is 6.48.